The molecule has 2 saturated heterocycles. The minimum atomic E-state index is 0.757. The zero-order valence-electron chi connectivity index (χ0n) is 18.0. The molecule has 3 atom stereocenters. The highest BCUT2D eigenvalue weighted by molar-refractivity contribution is 4.88. The SMILES string of the molecule is CCC(C)N1CCN(C(C)CCCC(C)N2CCN(C3CC3)CC2)CC1. The summed E-state index contributed by atoms with van der Waals surface area (Å²) in [6, 6.07) is 3.24. The average Bonchev–Trinajstić information content (AvgIpc) is 3.52. The van der Waals surface area contributed by atoms with Crippen molar-refractivity contribution >= 4 is 0 Å². The number of hydrogen-bond acceptors (Lipinski definition) is 4. The highest BCUT2D eigenvalue weighted by Gasteiger charge is 2.32. The van der Waals surface area contributed by atoms with E-state index in [0.717, 1.165) is 24.2 Å². The molecular weight excluding hydrogens is 320 g/mol. The number of piperazine rings is 2. The Hall–Kier alpha value is -0.160. The van der Waals surface area contributed by atoms with Crippen LogP contribution in [0.3, 0.4) is 0 Å². The van der Waals surface area contributed by atoms with Crippen LogP contribution in [0.4, 0.5) is 0 Å². The van der Waals surface area contributed by atoms with Crippen LogP contribution in [0.1, 0.15) is 66.2 Å². The van der Waals surface area contributed by atoms with Crippen LogP contribution in [-0.4, -0.2) is 96.1 Å². The fraction of sp³-hybridized carbons (Fsp3) is 1.00. The molecule has 0 aromatic heterocycles. The molecule has 1 saturated carbocycles. The minimum absolute atomic E-state index is 0.757. The first-order valence-corrected chi connectivity index (χ1v) is 11.5. The molecular formula is C22H44N4. The van der Waals surface area contributed by atoms with Gasteiger partial charge in [0.15, 0.2) is 0 Å². The molecule has 0 N–H and O–H groups in total. The Morgan fingerprint density at radius 1 is 0.654 bits per heavy atom. The van der Waals surface area contributed by atoms with Crippen LogP contribution in [0.25, 0.3) is 0 Å². The molecule has 3 fully saturated rings. The number of nitrogens with zero attached hydrogens (tertiary/aromatic N) is 4. The van der Waals surface area contributed by atoms with Gasteiger partial charge >= 0.3 is 0 Å². The van der Waals surface area contributed by atoms with Crippen molar-refractivity contribution in [3.63, 3.8) is 0 Å². The molecule has 4 heteroatoms. The van der Waals surface area contributed by atoms with Gasteiger partial charge in [-0.25, -0.2) is 0 Å². The summed E-state index contributed by atoms with van der Waals surface area (Å²) in [4.78, 5) is 10.9. The third-order valence-corrected chi connectivity index (χ3v) is 7.47. The largest absolute Gasteiger partial charge is 0.298 e. The van der Waals surface area contributed by atoms with E-state index < -0.39 is 0 Å². The van der Waals surface area contributed by atoms with Crippen LogP contribution in [0.2, 0.25) is 0 Å². The van der Waals surface area contributed by atoms with E-state index in [0.29, 0.717) is 0 Å². The predicted octanol–water partition coefficient (Wildman–Crippen LogP) is 3.13. The Balaban J connectivity index is 1.28. The second-order valence-electron chi connectivity index (χ2n) is 9.26. The smallest absolute Gasteiger partial charge is 0.0113 e. The Kier molecular flexibility index (Phi) is 7.80. The quantitative estimate of drug-likeness (QED) is 0.623. The van der Waals surface area contributed by atoms with E-state index in [-0.39, 0.29) is 0 Å². The van der Waals surface area contributed by atoms with Gasteiger partial charge in [0.2, 0.25) is 0 Å². The molecule has 3 unspecified atom stereocenters. The Bertz CT molecular complexity index is 395. The van der Waals surface area contributed by atoms with E-state index >= 15 is 0 Å². The second kappa shape index (κ2) is 9.86. The van der Waals surface area contributed by atoms with Gasteiger partial charge in [-0.1, -0.05) is 13.3 Å². The third kappa shape index (κ3) is 5.67. The van der Waals surface area contributed by atoms with Crippen LogP contribution in [0, 0.1) is 0 Å². The fourth-order valence-electron chi connectivity index (χ4n) is 4.93. The first-order chi connectivity index (χ1) is 12.6. The van der Waals surface area contributed by atoms with Gasteiger partial charge in [0.05, 0.1) is 0 Å². The molecule has 4 nitrogen and oxygen atoms in total. The first kappa shape index (κ1) is 20.6. The van der Waals surface area contributed by atoms with Gasteiger partial charge in [0, 0.05) is 76.5 Å². The maximum atomic E-state index is 2.74. The lowest BCUT2D eigenvalue weighted by Crippen LogP contribution is -2.52. The summed E-state index contributed by atoms with van der Waals surface area (Å²) in [5, 5.41) is 0. The summed E-state index contributed by atoms with van der Waals surface area (Å²) in [5.74, 6) is 0. The van der Waals surface area contributed by atoms with Crippen LogP contribution >= 0.6 is 0 Å². The summed E-state index contributed by atoms with van der Waals surface area (Å²) in [5.41, 5.74) is 0. The third-order valence-electron chi connectivity index (χ3n) is 7.47. The van der Waals surface area contributed by atoms with E-state index in [1.54, 1.807) is 0 Å². The molecule has 0 aromatic rings. The lowest BCUT2D eigenvalue weighted by molar-refractivity contribution is 0.0706. The lowest BCUT2D eigenvalue weighted by Gasteiger charge is -2.41. The van der Waals surface area contributed by atoms with Gasteiger partial charge < -0.3 is 0 Å². The summed E-state index contributed by atoms with van der Waals surface area (Å²) in [6.45, 7) is 19.9. The fourth-order valence-corrected chi connectivity index (χ4v) is 4.93. The van der Waals surface area contributed by atoms with Crippen molar-refractivity contribution in [3.05, 3.63) is 0 Å². The van der Waals surface area contributed by atoms with Crippen LogP contribution in [-0.2, 0) is 0 Å². The van der Waals surface area contributed by atoms with Crippen LogP contribution in [0.15, 0.2) is 0 Å². The van der Waals surface area contributed by atoms with Crippen molar-refractivity contribution in [2.45, 2.75) is 90.4 Å². The van der Waals surface area contributed by atoms with Gasteiger partial charge in [-0.05, 0) is 52.9 Å². The Morgan fingerprint density at radius 3 is 1.50 bits per heavy atom. The molecule has 2 aliphatic heterocycles. The van der Waals surface area contributed by atoms with E-state index in [2.05, 4.69) is 47.3 Å². The molecule has 152 valence electrons. The molecule has 3 aliphatic rings. The topological polar surface area (TPSA) is 13.0 Å². The van der Waals surface area contributed by atoms with Crippen molar-refractivity contribution in [3.8, 4) is 0 Å². The summed E-state index contributed by atoms with van der Waals surface area (Å²) < 4.78 is 0. The summed E-state index contributed by atoms with van der Waals surface area (Å²) >= 11 is 0. The Labute approximate surface area is 162 Å². The zero-order valence-corrected chi connectivity index (χ0v) is 18.0. The molecule has 1 aliphatic carbocycles. The minimum Gasteiger partial charge on any atom is -0.298 e. The highest BCUT2D eigenvalue weighted by Crippen LogP contribution is 2.28. The van der Waals surface area contributed by atoms with Crippen molar-refractivity contribution < 1.29 is 0 Å². The molecule has 0 aromatic carbocycles. The summed E-state index contributed by atoms with van der Waals surface area (Å²) in [6.07, 6.45) is 8.33. The van der Waals surface area contributed by atoms with Gasteiger partial charge in [-0.2, -0.15) is 0 Å². The maximum Gasteiger partial charge on any atom is 0.0113 e. The van der Waals surface area contributed by atoms with Crippen LogP contribution in [0.5, 0.6) is 0 Å². The standard InChI is InChI=1S/C22H44N4/c1-5-19(2)23-11-13-24(14-12-23)20(3)7-6-8-21(4)25-15-17-26(18-16-25)22-9-10-22/h19-22H,5-18H2,1-4H3. The van der Waals surface area contributed by atoms with E-state index in [9.17, 15) is 0 Å². The monoisotopic (exact) mass is 364 g/mol. The zero-order chi connectivity index (χ0) is 18.5. The van der Waals surface area contributed by atoms with Crippen molar-refractivity contribution in [1.82, 2.24) is 19.6 Å². The average molecular weight is 365 g/mol. The molecule has 0 radical (unpaired) electrons. The van der Waals surface area contributed by atoms with E-state index in [1.807, 2.05) is 0 Å². The number of rotatable bonds is 9. The predicted molar refractivity (Wildman–Crippen MR) is 112 cm³/mol. The van der Waals surface area contributed by atoms with Gasteiger partial charge in [-0.15, -0.1) is 0 Å². The van der Waals surface area contributed by atoms with Crippen molar-refractivity contribution in [1.29, 1.82) is 0 Å². The maximum absolute atomic E-state index is 2.74. The molecule has 0 spiro atoms. The normalized spacial score (nSPS) is 28.2. The highest BCUT2D eigenvalue weighted by atomic mass is 15.3. The molecule has 26 heavy (non-hydrogen) atoms. The number of hydrogen-bond donors (Lipinski definition) is 0. The molecule has 2 heterocycles. The van der Waals surface area contributed by atoms with Gasteiger partial charge in [0.1, 0.15) is 0 Å². The molecule has 3 rings (SSSR count). The van der Waals surface area contributed by atoms with Crippen molar-refractivity contribution in [2.24, 2.45) is 0 Å². The van der Waals surface area contributed by atoms with Crippen LogP contribution < -0.4 is 0 Å². The first-order valence-electron chi connectivity index (χ1n) is 11.5. The van der Waals surface area contributed by atoms with Gasteiger partial charge in [0.25, 0.3) is 0 Å². The molecule has 0 amide bonds. The summed E-state index contributed by atoms with van der Waals surface area (Å²) in [7, 11) is 0. The second-order valence-corrected chi connectivity index (χ2v) is 9.26. The Morgan fingerprint density at radius 2 is 1.08 bits per heavy atom. The van der Waals surface area contributed by atoms with E-state index in [1.165, 1.54) is 90.9 Å². The molecule has 0 bridgehead atoms. The van der Waals surface area contributed by atoms with E-state index in [4.69, 9.17) is 0 Å². The van der Waals surface area contributed by atoms with Gasteiger partial charge in [-0.3, -0.25) is 19.6 Å². The van der Waals surface area contributed by atoms with Crippen molar-refractivity contribution in [2.75, 3.05) is 52.4 Å². The lowest BCUT2D eigenvalue weighted by atomic mass is 10.0.